The Labute approximate surface area is 132 Å². The molecular weight excluding hydrogens is 316 g/mol. The Hall–Kier alpha value is -1.83. The number of likely N-dealkylation sites (N-methyl/N-ethyl adjacent to an activating group) is 1. The van der Waals surface area contributed by atoms with Crippen LogP contribution in [0.3, 0.4) is 0 Å². The second-order valence-corrected chi connectivity index (χ2v) is 5.58. The molecule has 8 heteroatoms. The number of urea groups is 1. The number of nitrogens with zero attached hydrogens (tertiary/aromatic N) is 1. The Balaban J connectivity index is 2.73. The first kappa shape index (κ1) is 19.2. The molecule has 0 aromatic heterocycles. The lowest BCUT2D eigenvalue weighted by molar-refractivity contribution is -0.205. The largest absolute Gasteiger partial charge is 0.416 e. The van der Waals surface area contributed by atoms with Crippen molar-refractivity contribution in [1.82, 2.24) is 10.2 Å². The van der Waals surface area contributed by atoms with Gasteiger partial charge in [-0.2, -0.15) is 13.2 Å². The third-order valence-electron chi connectivity index (χ3n) is 3.47. The maximum Gasteiger partial charge on any atom is 0.416 e. The molecule has 0 aliphatic heterocycles. The van der Waals surface area contributed by atoms with Gasteiger partial charge in [0.15, 0.2) is 6.10 Å². The number of rotatable bonds is 4. The summed E-state index contributed by atoms with van der Waals surface area (Å²) in [5.74, 6) is -0.335. The van der Waals surface area contributed by atoms with E-state index in [0.29, 0.717) is 16.7 Å². The van der Waals surface area contributed by atoms with E-state index in [9.17, 15) is 22.4 Å². The highest BCUT2D eigenvalue weighted by Crippen LogP contribution is 2.22. The maximum absolute atomic E-state index is 13.6. The molecule has 0 saturated carbocycles. The van der Waals surface area contributed by atoms with Gasteiger partial charge in [-0.1, -0.05) is 12.1 Å². The molecule has 1 aromatic rings. The number of nitrogens with one attached hydrogen (secondary N) is 1. The number of aryl methyl sites for hydroxylation is 2. The summed E-state index contributed by atoms with van der Waals surface area (Å²) in [5, 5.41) is 11.5. The van der Waals surface area contributed by atoms with Crippen molar-refractivity contribution in [2.24, 2.45) is 0 Å². The summed E-state index contributed by atoms with van der Waals surface area (Å²) in [6, 6.07) is 1.85. The molecule has 0 radical (unpaired) electrons. The molecule has 0 aliphatic carbocycles. The average molecular weight is 336 g/mol. The van der Waals surface area contributed by atoms with Gasteiger partial charge in [-0.15, -0.1) is 0 Å². The van der Waals surface area contributed by atoms with Gasteiger partial charge in [0.1, 0.15) is 5.82 Å². The number of alkyl halides is 3. The van der Waals surface area contributed by atoms with Crippen molar-refractivity contribution in [1.29, 1.82) is 0 Å². The van der Waals surface area contributed by atoms with E-state index in [1.54, 1.807) is 32.9 Å². The van der Waals surface area contributed by atoms with Crippen LogP contribution < -0.4 is 5.32 Å². The summed E-state index contributed by atoms with van der Waals surface area (Å²) in [4.78, 5) is 12.6. The van der Waals surface area contributed by atoms with Crippen molar-refractivity contribution in [3.05, 3.63) is 34.6 Å². The third kappa shape index (κ3) is 5.09. The second kappa shape index (κ2) is 7.16. The van der Waals surface area contributed by atoms with E-state index in [4.69, 9.17) is 5.11 Å². The van der Waals surface area contributed by atoms with Gasteiger partial charge in [0.25, 0.3) is 0 Å². The summed E-state index contributed by atoms with van der Waals surface area (Å²) in [6.07, 6.45) is -7.39. The van der Waals surface area contributed by atoms with Crippen LogP contribution in [0.5, 0.6) is 0 Å². The minimum atomic E-state index is -4.79. The van der Waals surface area contributed by atoms with Gasteiger partial charge < -0.3 is 15.3 Å². The maximum atomic E-state index is 13.6. The van der Waals surface area contributed by atoms with Crippen molar-refractivity contribution >= 4 is 6.03 Å². The number of amides is 2. The minimum Gasteiger partial charge on any atom is -0.382 e. The Kier molecular flexibility index (Phi) is 5.98. The van der Waals surface area contributed by atoms with Crippen LogP contribution in [0, 0.1) is 19.7 Å². The van der Waals surface area contributed by atoms with Crippen LogP contribution in [0.2, 0.25) is 0 Å². The molecule has 2 N–H and O–H groups in total. The number of halogens is 4. The molecule has 23 heavy (non-hydrogen) atoms. The van der Waals surface area contributed by atoms with Crippen LogP contribution in [0.4, 0.5) is 22.4 Å². The predicted octanol–water partition coefficient (Wildman–Crippen LogP) is 3.07. The Morgan fingerprint density at radius 3 is 2.22 bits per heavy atom. The van der Waals surface area contributed by atoms with Gasteiger partial charge in [-0.25, -0.2) is 9.18 Å². The molecule has 0 spiro atoms. The summed E-state index contributed by atoms with van der Waals surface area (Å²) in [7, 11) is 1.15. The standard InChI is InChI=1S/C15H20F4N2O2/c1-8-5-11(6-9(2)13(8)16)10(3)20-14(23)21(4)7-12(22)15(17,18)19/h5-6,10,12,22H,7H2,1-4H3,(H,20,23)/t10-,12-/m0/s1. The molecule has 0 aliphatic rings. The van der Waals surface area contributed by atoms with Gasteiger partial charge in [0.05, 0.1) is 12.6 Å². The van der Waals surface area contributed by atoms with Crippen LogP contribution in [-0.2, 0) is 0 Å². The summed E-state index contributed by atoms with van der Waals surface area (Å²) in [5.41, 5.74) is 1.48. The average Bonchev–Trinajstić information content (AvgIpc) is 2.42. The van der Waals surface area contributed by atoms with E-state index in [2.05, 4.69) is 5.32 Å². The van der Waals surface area contributed by atoms with E-state index >= 15 is 0 Å². The normalized spacial score (nSPS) is 14.3. The third-order valence-corrected chi connectivity index (χ3v) is 3.47. The van der Waals surface area contributed by atoms with E-state index < -0.39 is 30.9 Å². The molecule has 4 nitrogen and oxygen atoms in total. The molecular formula is C15H20F4N2O2. The molecule has 0 saturated heterocycles. The van der Waals surface area contributed by atoms with Crippen LogP contribution >= 0.6 is 0 Å². The number of hydrogen-bond acceptors (Lipinski definition) is 2. The van der Waals surface area contributed by atoms with Gasteiger partial charge in [-0.3, -0.25) is 0 Å². The highest BCUT2D eigenvalue weighted by Gasteiger charge is 2.39. The first-order valence-electron chi connectivity index (χ1n) is 6.96. The number of aliphatic hydroxyl groups is 1. The highest BCUT2D eigenvalue weighted by molar-refractivity contribution is 5.74. The first-order valence-corrected chi connectivity index (χ1v) is 6.96. The molecule has 2 amide bonds. The number of aliphatic hydroxyl groups excluding tert-OH is 1. The van der Waals surface area contributed by atoms with Crippen LogP contribution in [0.15, 0.2) is 12.1 Å². The molecule has 1 aromatic carbocycles. The summed E-state index contributed by atoms with van der Waals surface area (Å²) >= 11 is 0. The van der Waals surface area contributed by atoms with Crippen molar-refractivity contribution in [2.75, 3.05) is 13.6 Å². The summed E-state index contributed by atoms with van der Waals surface area (Å²) in [6.45, 7) is 3.94. The Morgan fingerprint density at radius 1 is 1.30 bits per heavy atom. The minimum absolute atomic E-state index is 0.335. The van der Waals surface area contributed by atoms with Gasteiger partial charge in [0.2, 0.25) is 0 Å². The fraction of sp³-hybridized carbons (Fsp3) is 0.533. The lowest BCUT2D eigenvalue weighted by atomic mass is 10.0. The van der Waals surface area contributed by atoms with E-state index in [1.807, 2.05) is 0 Å². The number of carbonyl (C=O) groups is 1. The quantitative estimate of drug-likeness (QED) is 0.831. The molecule has 130 valence electrons. The van der Waals surface area contributed by atoms with Crippen molar-refractivity contribution in [2.45, 2.75) is 39.1 Å². The zero-order valence-electron chi connectivity index (χ0n) is 13.3. The smallest absolute Gasteiger partial charge is 0.382 e. The first-order chi connectivity index (χ1) is 10.4. The Bertz CT molecular complexity index is 552. The van der Waals surface area contributed by atoms with Gasteiger partial charge in [0, 0.05) is 7.05 Å². The monoisotopic (exact) mass is 336 g/mol. The highest BCUT2D eigenvalue weighted by atomic mass is 19.4. The molecule has 1 rings (SSSR count). The fourth-order valence-corrected chi connectivity index (χ4v) is 2.05. The van der Waals surface area contributed by atoms with E-state index in [0.717, 1.165) is 11.9 Å². The lowest BCUT2D eigenvalue weighted by Gasteiger charge is -2.25. The lowest BCUT2D eigenvalue weighted by Crippen LogP contribution is -2.46. The number of benzene rings is 1. The van der Waals surface area contributed by atoms with Crippen LogP contribution in [0.1, 0.15) is 29.7 Å². The van der Waals surface area contributed by atoms with Crippen molar-refractivity contribution in [3.63, 3.8) is 0 Å². The second-order valence-electron chi connectivity index (χ2n) is 5.58. The van der Waals surface area contributed by atoms with Crippen molar-refractivity contribution < 1.29 is 27.5 Å². The molecule has 0 fully saturated rings. The van der Waals surface area contributed by atoms with Crippen LogP contribution in [0.25, 0.3) is 0 Å². The predicted molar refractivity (Wildman–Crippen MR) is 77.5 cm³/mol. The fourth-order valence-electron chi connectivity index (χ4n) is 2.05. The van der Waals surface area contributed by atoms with Crippen molar-refractivity contribution in [3.8, 4) is 0 Å². The molecule has 0 heterocycles. The molecule has 0 unspecified atom stereocenters. The molecule has 2 atom stereocenters. The van der Waals surface area contributed by atoms with E-state index in [-0.39, 0.29) is 5.82 Å². The summed E-state index contributed by atoms with van der Waals surface area (Å²) < 4.78 is 50.4. The van der Waals surface area contributed by atoms with E-state index in [1.165, 1.54) is 0 Å². The Morgan fingerprint density at radius 2 is 1.78 bits per heavy atom. The van der Waals surface area contributed by atoms with Crippen LogP contribution in [-0.4, -0.2) is 41.9 Å². The zero-order valence-corrected chi connectivity index (χ0v) is 13.3. The SMILES string of the molecule is Cc1cc([C@H](C)NC(=O)N(C)C[C@H](O)C(F)(F)F)cc(C)c1F. The topological polar surface area (TPSA) is 52.6 Å². The van der Waals surface area contributed by atoms with Gasteiger partial charge in [-0.05, 0) is 37.5 Å². The molecule has 0 bridgehead atoms. The number of hydrogen-bond donors (Lipinski definition) is 2. The van der Waals surface area contributed by atoms with Gasteiger partial charge >= 0.3 is 12.2 Å². The zero-order chi connectivity index (χ0) is 17.9. The number of carbonyl (C=O) groups excluding carboxylic acids is 1.